The Morgan fingerprint density at radius 1 is 0.949 bits per heavy atom. The molecule has 2 N–H and O–H groups in total. The first-order valence-corrected chi connectivity index (χ1v) is 13.1. The van der Waals surface area contributed by atoms with Gasteiger partial charge in [-0.25, -0.2) is 19.6 Å². The summed E-state index contributed by atoms with van der Waals surface area (Å²) in [6.45, 7) is 7.06. The number of aryl methyl sites for hydroxylation is 1. The molecule has 0 aliphatic heterocycles. The lowest BCUT2D eigenvalue weighted by atomic mass is 9.98. The van der Waals surface area contributed by atoms with E-state index in [-0.39, 0.29) is 11.5 Å². The van der Waals surface area contributed by atoms with E-state index in [2.05, 4.69) is 71.7 Å². The van der Waals surface area contributed by atoms with E-state index in [1.807, 2.05) is 35.0 Å². The zero-order chi connectivity index (χ0) is 27.4. The van der Waals surface area contributed by atoms with Crippen LogP contribution in [0.25, 0.3) is 22.5 Å². The number of aromatic nitrogens is 7. The van der Waals surface area contributed by atoms with E-state index in [9.17, 15) is 9.90 Å². The third-order valence-electron chi connectivity index (χ3n) is 6.86. The van der Waals surface area contributed by atoms with Gasteiger partial charge in [0.05, 0.1) is 12.1 Å². The number of aromatic carboxylic acids is 1. The van der Waals surface area contributed by atoms with E-state index in [0.29, 0.717) is 18.3 Å². The van der Waals surface area contributed by atoms with Gasteiger partial charge in [0.25, 0.3) is 0 Å². The molecule has 39 heavy (non-hydrogen) atoms. The average Bonchev–Trinajstić information content (AvgIpc) is 3.63. The van der Waals surface area contributed by atoms with Gasteiger partial charge in [-0.3, -0.25) is 0 Å². The van der Waals surface area contributed by atoms with Crippen LogP contribution < -0.4 is 0 Å². The van der Waals surface area contributed by atoms with E-state index in [1.54, 1.807) is 12.1 Å². The summed E-state index contributed by atoms with van der Waals surface area (Å²) in [6, 6.07) is 23.4. The van der Waals surface area contributed by atoms with Crippen molar-refractivity contribution in [3.63, 3.8) is 0 Å². The lowest BCUT2D eigenvalue weighted by Crippen LogP contribution is -2.11. The highest BCUT2D eigenvalue weighted by molar-refractivity contribution is 5.87. The molecule has 0 saturated heterocycles. The topological polar surface area (TPSA) is 122 Å². The van der Waals surface area contributed by atoms with Crippen molar-refractivity contribution in [3.8, 4) is 22.5 Å². The van der Waals surface area contributed by atoms with Crippen molar-refractivity contribution in [3.05, 3.63) is 101 Å². The van der Waals surface area contributed by atoms with Gasteiger partial charge in [-0.15, -0.1) is 5.10 Å². The molecule has 0 aliphatic rings. The molecule has 9 heteroatoms. The minimum atomic E-state index is -0.933. The Labute approximate surface area is 227 Å². The summed E-state index contributed by atoms with van der Waals surface area (Å²) in [6.07, 6.45) is 1.83. The molecule has 1 unspecified atom stereocenters. The summed E-state index contributed by atoms with van der Waals surface area (Å²) in [5, 5.41) is 28.5. The molecule has 0 amide bonds. The number of rotatable bonds is 10. The Balaban J connectivity index is 1.42. The van der Waals surface area contributed by atoms with Crippen LogP contribution in [0.1, 0.15) is 66.2 Å². The van der Waals surface area contributed by atoms with Gasteiger partial charge in [-0.1, -0.05) is 81.4 Å². The van der Waals surface area contributed by atoms with Gasteiger partial charge in [0.15, 0.2) is 11.6 Å². The lowest BCUT2D eigenvalue weighted by Gasteiger charge is -2.14. The third kappa shape index (κ3) is 5.93. The van der Waals surface area contributed by atoms with Crippen LogP contribution in [-0.4, -0.2) is 46.5 Å². The van der Waals surface area contributed by atoms with Crippen molar-refractivity contribution in [2.75, 3.05) is 0 Å². The fourth-order valence-corrected chi connectivity index (χ4v) is 4.60. The first kappa shape index (κ1) is 26.0. The number of carbonyl (C=O) groups is 1. The summed E-state index contributed by atoms with van der Waals surface area (Å²) in [7, 11) is 0. The quantitative estimate of drug-likeness (QED) is 0.245. The fraction of sp³-hybridized carbons (Fsp3) is 0.267. The van der Waals surface area contributed by atoms with Crippen molar-refractivity contribution in [2.24, 2.45) is 5.92 Å². The van der Waals surface area contributed by atoms with Crippen molar-refractivity contribution >= 4 is 5.97 Å². The van der Waals surface area contributed by atoms with Gasteiger partial charge >= 0.3 is 5.97 Å². The number of carboxylic acids is 1. The molecule has 198 valence electrons. The lowest BCUT2D eigenvalue weighted by molar-refractivity contribution is 0.0697. The van der Waals surface area contributed by atoms with Crippen LogP contribution in [0.5, 0.6) is 0 Å². The molecule has 0 aliphatic carbocycles. The molecular formula is C30H31N7O2. The van der Waals surface area contributed by atoms with Gasteiger partial charge in [0.2, 0.25) is 0 Å². The van der Waals surface area contributed by atoms with Crippen LogP contribution >= 0.6 is 0 Å². The van der Waals surface area contributed by atoms with E-state index < -0.39 is 5.97 Å². The number of carboxylic acid groups (broad SMARTS) is 1. The number of aromatic amines is 1. The minimum absolute atomic E-state index is 0.0465. The summed E-state index contributed by atoms with van der Waals surface area (Å²) in [5.41, 5.74) is 5.41. The van der Waals surface area contributed by atoms with E-state index >= 15 is 0 Å². The van der Waals surface area contributed by atoms with Crippen molar-refractivity contribution in [2.45, 2.75) is 46.1 Å². The highest BCUT2D eigenvalue weighted by Crippen LogP contribution is 2.30. The first-order valence-electron chi connectivity index (χ1n) is 13.1. The predicted octanol–water partition coefficient (Wildman–Crippen LogP) is 5.61. The number of benzene rings is 3. The molecule has 0 radical (unpaired) electrons. The SMILES string of the molecule is CC(C)CCc1nc(C(C)c2ccc(C(=O)O)cc2)n(Cc2ccc(-c3ccccc3-c3nnn[nH]3)cc2)n1. The molecule has 1 atom stereocenters. The average molecular weight is 522 g/mol. The molecule has 0 bridgehead atoms. The number of nitrogens with one attached hydrogen (secondary N) is 1. The Hall–Kier alpha value is -4.66. The van der Waals surface area contributed by atoms with Gasteiger partial charge in [-0.2, -0.15) is 5.10 Å². The molecular weight excluding hydrogens is 490 g/mol. The predicted molar refractivity (Wildman–Crippen MR) is 148 cm³/mol. The standard InChI is InChI=1S/C30H31N7O2/c1-19(2)8-17-27-31-29(20(3)22-13-15-24(16-14-22)30(38)39)37(34-27)18-21-9-11-23(12-10-21)25-6-4-5-7-26(25)28-32-35-36-33-28/h4-7,9-16,19-20H,8,17-18H2,1-3H3,(H,38,39)(H,32,33,35,36). The molecule has 0 spiro atoms. The maximum Gasteiger partial charge on any atom is 0.335 e. The van der Waals surface area contributed by atoms with Gasteiger partial charge in [0.1, 0.15) is 5.82 Å². The number of H-pyrrole nitrogens is 1. The number of tetrazole rings is 1. The molecule has 9 nitrogen and oxygen atoms in total. The highest BCUT2D eigenvalue weighted by atomic mass is 16.4. The maximum atomic E-state index is 11.3. The second kappa shape index (κ2) is 11.4. The van der Waals surface area contributed by atoms with Crippen LogP contribution in [0.15, 0.2) is 72.8 Å². The van der Waals surface area contributed by atoms with E-state index in [1.165, 1.54) is 0 Å². The Morgan fingerprint density at radius 3 is 2.31 bits per heavy atom. The van der Waals surface area contributed by atoms with Crippen LogP contribution in [0, 0.1) is 5.92 Å². The maximum absolute atomic E-state index is 11.3. The second-order valence-corrected chi connectivity index (χ2v) is 10.1. The van der Waals surface area contributed by atoms with Crippen LogP contribution in [-0.2, 0) is 13.0 Å². The molecule has 3 aromatic carbocycles. The molecule has 2 aromatic heterocycles. The first-order chi connectivity index (χ1) is 18.9. The monoisotopic (exact) mass is 521 g/mol. The summed E-state index contributed by atoms with van der Waals surface area (Å²) >= 11 is 0. The normalized spacial score (nSPS) is 12.1. The second-order valence-electron chi connectivity index (χ2n) is 10.1. The summed E-state index contributed by atoms with van der Waals surface area (Å²) < 4.78 is 1.98. The number of nitrogens with zero attached hydrogens (tertiary/aromatic N) is 6. The van der Waals surface area contributed by atoms with Crippen molar-refractivity contribution < 1.29 is 9.90 Å². The minimum Gasteiger partial charge on any atom is -0.478 e. The van der Waals surface area contributed by atoms with Crippen molar-refractivity contribution in [1.82, 2.24) is 35.4 Å². The van der Waals surface area contributed by atoms with Crippen LogP contribution in [0.3, 0.4) is 0 Å². The number of hydrogen-bond donors (Lipinski definition) is 2. The molecule has 5 rings (SSSR count). The van der Waals surface area contributed by atoms with Crippen molar-refractivity contribution in [1.29, 1.82) is 0 Å². The molecule has 0 saturated carbocycles. The van der Waals surface area contributed by atoms with E-state index in [0.717, 1.165) is 52.3 Å². The fourth-order valence-electron chi connectivity index (χ4n) is 4.60. The Bertz CT molecular complexity index is 1540. The Morgan fingerprint density at radius 2 is 1.67 bits per heavy atom. The summed E-state index contributed by atoms with van der Waals surface area (Å²) in [4.78, 5) is 16.2. The highest BCUT2D eigenvalue weighted by Gasteiger charge is 2.19. The van der Waals surface area contributed by atoms with E-state index in [4.69, 9.17) is 10.1 Å². The summed E-state index contributed by atoms with van der Waals surface area (Å²) in [5.74, 6) is 1.90. The zero-order valence-electron chi connectivity index (χ0n) is 22.2. The molecule has 5 aromatic rings. The van der Waals surface area contributed by atoms with Gasteiger partial charge < -0.3 is 5.11 Å². The molecule has 2 heterocycles. The van der Waals surface area contributed by atoms with Gasteiger partial charge in [-0.05, 0) is 57.2 Å². The van der Waals surface area contributed by atoms with Crippen LogP contribution in [0.4, 0.5) is 0 Å². The smallest absolute Gasteiger partial charge is 0.335 e. The van der Waals surface area contributed by atoms with Gasteiger partial charge in [0, 0.05) is 17.9 Å². The largest absolute Gasteiger partial charge is 0.478 e. The zero-order valence-corrected chi connectivity index (χ0v) is 22.2. The Kier molecular flexibility index (Phi) is 7.58. The third-order valence-corrected chi connectivity index (χ3v) is 6.86. The number of hydrogen-bond acceptors (Lipinski definition) is 6. The molecule has 0 fully saturated rings. The van der Waals surface area contributed by atoms with Crippen LogP contribution in [0.2, 0.25) is 0 Å².